The molecule has 0 radical (unpaired) electrons. The topological polar surface area (TPSA) is 17.0 Å². The molecule has 0 unspecified atom stereocenters. The minimum Gasteiger partial charge on any atom is -0.301 e. The Morgan fingerprint density at radius 3 is 2.56 bits per heavy atom. The second-order valence-corrected chi connectivity index (χ2v) is 4.08. The number of para-hydroxylation sites is 1. The number of rotatable bonds is 0. The summed E-state index contributed by atoms with van der Waals surface area (Å²) in [6.45, 7) is 0. The van der Waals surface area contributed by atoms with Crippen LogP contribution in [0, 0.1) is 0 Å². The molecule has 1 aromatic heterocycles. The molecular weight excluding hydrogens is 220 g/mol. The van der Waals surface area contributed by atoms with Gasteiger partial charge in [0.25, 0.3) is 0 Å². The van der Waals surface area contributed by atoms with Gasteiger partial charge in [0.1, 0.15) is 0 Å². The minimum absolute atomic E-state index is 1.13. The van der Waals surface area contributed by atoms with Gasteiger partial charge in [0.05, 0.1) is 11.2 Å². The average molecular weight is 234 g/mol. The summed E-state index contributed by atoms with van der Waals surface area (Å²) in [5.41, 5.74) is 5.60. The van der Waals surface area contributed by atoms with E-state index in [1.165, 1.54) is 10.9 Å². The highest BCUT2D eigenvalue weighted by Crippen LogP contribution is 2.19. The van der Waals surface area contributed by atoms with Gasteiger partial charge in [-0.05, 0) is 24.3 Å². The zero-order valence-corrected chi connectivity index (χ0v) is 9.95. The zero-order valence-electron chi connectivity index (χ0n) is 9.95. The summed E-state index contributed by atoms with van der Waals surface area (Å²) in [4.78, 5) is 0. The van der Waals surface area contributed by atoms with Crippen LogP contribution in [0.3, 0.4) is 0 Å². The quantitative estimate of drug-likeness (QED) is 0.733. The van der Waals surface area contributed by atoms with Gasteiger partial charge in [-0.3, -0.25) is 4.68 Å². The van der Waals surface area contributed by atoms with Crippen LogP contribution in [0.1, 0.15) is 5.69 Å². The van der Waals surface area contributed by atoms with Gasteiger partial charge >= 0.3 is 0 Å². The molecule has 1 aromatic carbocycles. The normalized spacial score (nSPS) is 14.2. The molecule has 2 aromatic rings. The van der Waals surface area contributed by atoms with Crippen molar-refractivity contribution in [2.45, 2.75) is 0 Å². The van der Waals surface area contributed by atoms with Crippen LogP contribution in [-0.2, 0) is 0 Å². The van der Waals surface area contributed by atoms with Crippen molar-refractivity contribution in [3.8, 4) is 0 Å². The van der Waals surface area contributed by atoms with Gasteiger partial charge in [-0.25, -0.2) is 0 Å². The molecule has 0 saturated heterocycles. The van der Waals surface area contributed by atoms with Crippen LogP contribution in [0.4, 0.5) is 0 Å². The van der Waals surface area contributed by atoms with Gasteiger partial charge in [0.15, 0.2) is 0 Å². The van der Waals surface area contributed by atoms with E-state index < -0.39 is 0 Å². The van der Waals surface area contributed by atoms with E-state index in [-0.39, 0.29) is 0 Å². The maximum Gasteiger partial charge on any atom is 0.0703 e. The highest BCUT2D eigenvalue weighted by Gasteiger charge is 2.04. The Balaban J connectivity index is 2.16. The molecule has 88 valence electrons. The van der Waals surface area contributed by atoms with E-state index in [0.29, 0.717) is 0 Å². The lowest BCUT2D eigenvalue weighted by Crippen LogP contribution is -2.08. The first-order valence-corrected chi connectivity index (χ1v) is 5.99. The Morgan fingerprint density at radius 1 is 0.833 bits per heavy atom. The fraction of sp³-hybridized carbons (Fsp3) is 0. The van der Waals surface area contributed by atoms with Gasteiger partial charge in [0.2, 0.25) is 0 Å². The highest BCUT2D eigenvalue weighted by molar-refractivity contribution is 5.84. The Hall–Kier alpha value is -2.48. The van der Waals surface area contributed by atoms with Crippen molar-refractivity contribution < 1.29 is 0 Å². The summed E-state index contributed by atoms with van der Waals surface area (Å²) >= 11 is 0. The molecular formula is C16H14N2. The van der Waals surface area contributed by atoms with Crippen molar-refractivity contribution in [2.24, 2.45) is 0 Å². The molecule has 0 aliphatic carbocycles. The van der Waals surface area contributed by atoms with Crippen LogP contribution in [0.15, 0.2) is 73.0 Å². The van der Waals surface area contributed by atoms with Crippen molar-refractivity contribution in [3.05, 3.63) is 78.7 Å². The molecule has 0 spiro atoms. The van der Waals surface area contributed by atoms with Crippen LogP contribution in [0.5, 0.6) is 0 Å². The molecule has 0 atom stereocenters. The number of benzene rings is 1. The van der Waals surface area contributed by atoms with E-state index in [0.717, 1.165) is 5.69 Å². The predicted octanol–water partition coefficient (Wildman–Crippen LogP) is 3.84. The summed E-state index contributed by atoms with van der Waals surface area (Å²) in [5, 5.41) is 1.23. The number of nitrogens with one attached hydrogen (secondary N) is 1. The summed E-state index contributed by atoms with van der Waals surface area (Å²) in [6, 6.07) is 10.5. The van der Waals surface area contributed by atoms with Gasteiger partial charge in [-0.15, -0.1) is 0 Å². The molecule has 2 nitrogen and oxygen atoms in total. The van der Waals surface area contributed by atoms with E-state index in [4.69, 9.17) is 0 Å². The van der Waals surface area contributed by atoms with Crippen LogP contribution in [0.25, 0.3) is 17.0 Å². The van der Waals surface area contributed by atoms with Gasteiger partial charge in [-0.1, -0.05) is 48.6 Å². The molecule has 0 bridgehead atoms. The molecule has 2 heteroatoms. The Labute approximate surface area is 106 Å². The van der Waals surface area contributed by atoms with Crippen LogP contribution < -0.4 is 5.43 Å². The summed E-state index contributed by atoms with van der Waals surface area (Å²) in [6.07, 6.45) is 16.1. The van der Waals surface area contributed by atoms with Crippen LogP contribution in [0.2, 0.25) is 0 Å². The van der Waals surface area contributed by atoms with E-state index in [2.05, 4.69) is 46.5 Å². The third kappa shape index (κ3) is 2.00. The van der Waals surface area contributed by atoms with Gasteiger partial charge < -0.3 is 5.43 Å². The molecule has 1 N–H and O–H groups in total. The molecule has 2 heterocycles. The lowest BCUT2D eigenvalue weighted by Gasteiger charge is -2.07. The fourth-order valence-electron chi connectivity index (χ4n) is 2.03. The van der Waals surface area contributed by atoms with Crippen LogP contribution in [-0.4, -0.2) is 4.68 Å². The molecule has 0 fully saturated rings. The van der Waals surface area contributed by atoms with E-state index >= 15 is 0 Å². The highest BCUT2D eigenvalue weighted by atomic mass is 15.4. The molecule has 1 aliphatic rings. The minimum atomic E-state index is 1.13. The molecule has 1 aliphatic heterocycles. The predicted molar refractivity (Wildman–Crippen MR) is 77.8 cm³/mol. The summed E-state index contributed by atoms with van der Waals surface area (Å²) < 4.78 is 2.08. The second-order valence-electron chi connectivity index (χ2n) is 4.08. The Kier molecular flexibility index (Phi) is 2.84. The lowest BCUT2D eigenvalue weighted by atomic mass is 10.2. The first-order valence-electron chi connectivity index (χ1n) is 5.99. The monoisotopic (exact) mass is 234 g/mol. The van der Waals surface area contributed by atoms with Crippen molar-refractivity contribution in [3.63, 3.8) is 0 Å². The van der Waals surface area contributed by atoms with E-state index in [1.807, 2.05) is 42.7 Å². The third-order valence-electron chi connectivity index (χ3n) is 2.86. The smallest absolute Gasteiger partial charge is 0.0703 e. The Bertz CT molecular complexity index is 669. The number of fused-ring (bicyclic) bond motifs is 3. The van der Waals surface area contributed by atoms with Crippen molar-refractivity contribution >= 4 is 17.0 Å². The second kappa shape index (κ2) is 4.80. The van der Waals surface area contributed by atoms with Crippen molar-refractivity contribution in [1.29, 1.82) is 0 Å². The zero-order chi connectivity index (χ0) is 12.2. The Morgan fingerprint density at radius 2 is 1.61 bits per heavy atom. The SMILES string of the molecule is C1=CC=CNn2c(cc3ccccc32)C=CC=C1. The average Bonchev–Trinajstić information content (AvgIpc) is 2.72. The van der Waals surface area contributed by atoms with E-state index in [1.54, 1.807) is 0 Å². The first-order chi connectivity index (χ1) is 8.95. The fourth-order valence-corrected chi connectivity index (χ4v) is 2.03. The van der Waals surface area contributed by atoms with Gasteiger partial charge in [0, 0.05) is 11.6 Å². The van der Waals surface area contributed by atoms with Gasteiger partial charge in [-0.2, -0.15) is 0 Å². The first kappa shape index (κ1) is 10.7. The maximum atomic E-state index is 3.29. The number of allylic oxidation sites excluding steroid dienone is 6. The maximum absolute atomic E-state index is 3.29. The molecule has 0 saturated carbocycles. The lowest BCUT2D eigenvalue weighted by molar-refractivity contribution is 0.992. The van der Waals surface area contributed by atoms with Crippen LogP contribution >= 0.6 is 0 Å². The van der Waals surface area contributed by atoms with E-state index in [9.17, 15) is 0 Å². The largest absolute Gasteiger partial charge is 0.301 e. The third-order valence-corrected chi connectivity index (χ3v) is 2.86. The van der Waals surface area contributed by atoms with Crippen molar-refractivity contribution in [1.82, 2.24) is 4.68 Å². The summed E-state index contributed by atoms with van der Waals surface area (Å²) in [7, 11) is 0. The molecule has 0 amide bonds. The number of hydrogen-bond acceptors (Lipinski definition) is 1. The number of aromatic nitrogens is 1. The number of hydrogen-bond donors (Lipinski definition) is 1. The standard InChI is InChI=1S/C16H14N2/c1-2-4-8-12-17-18-15(10-5-3-1)13-14-9-6-7-11-16(14)18/h1-13,17H. The number of nitrogens with zero attached hydrogens (tertiary/aromatic N) is 1. The van der Waals surface area contributed by atoms with Crippen molar-refractivity contribution in [2.75, 3.05) is 5.43 Å². The molecule has 3 rings (SSSR count). The summed E-state index contributed by atoms with van der Waals surface area (Å²) in [5.74, 6) is 0. The molecule has 18 heavy (non-hydrogen) atoms.